The number of nitrogens with one attached hydrogen (secondary N) is 1. The molecule has 0 atom stereocenters. The molecule has 0 aliphatic heterocycles. The molecule has 0 spiro atoms. The van der Waals surface area contributed by atoms with Crippen LogP contribution in [-0.2, 0) is 6.42 Å². The van der Waals surface area contributed by atoms with Crippen LogP contribution in [0.3, 0.4) is 0 Å². The monoisotopic (exact) mass is 321 g/mol. The highest BCUT2D eigenvalue weighted by molar-refractivity contribution is 7.10. The summed E-state index contributed by atoms with van der Waals surface area (Å²) in [5, 5.41) is 14.3. The molecule has 23 heavy (non-hydrogen) atoms. The number of oxazole rings is 1. The average molecular weight is 321 g/mol. The van der Waals surface area contributed by atoms with E-state index in [0.29, 0.717) is 18.3 Å². The Morgan fingerprint density at radius 1 is 1.17 bits per heavy atom. The van der Waals surface area contributed by atoms with Crippen molar-refractivity contribution in [3.05, 3.63) is 69.9 Å². The normalized spacial score (nSPS) is 10.7. The number of nitrogens with zero attached hydrogens (tertiary/aromatic N) is 2. The fourth-order valence-electron chi connectivity index (χ4n) is 2.11. The van der Waals surface area contributed by atoms with Gasteiger partial charge in [0.05, 0.1) is 0 Å². The first-order chi connectivity index (χ1) is 11.3. The Hall–Kier alpha value is -2.84. The lowest BCUT2D eigenvalue weighted by Crippen LogP contribution is -2.05. The maximum Gasteiger partial charge on any atom is 0.232 e. The molecule has 5 heteroatoms. The number of hydrogen-bond acceptors (Lipinski definition) is 5. The standard InChI is InChI=1S/C18H15N3OS/c19-13-16-18(20-11-10-14-5-2-1-3-6-14)22-17(21-16)9-8-15-7-4-12-23-15/h1-9,12,20H,10-11H2. The van der Waals surface area contributed by atoms with Crippen LogP contribution in [0.2, 0.25) is 0 Å². The van der Waals surface area contributed by atoms with Gasteiger partial charge < -0.3 is 9.73 Å². The molecule has 2 aromatic heterocycles. The highest BCUT2D eigenvalue weighted by Crippen LogP contribution is 2.19. The maximum absolute atomic E-state index is 9.17. The van der Waals surface area contributed by atoms with Crippen LogP contribution in [0.15, 0.2) is 52.3 Å². The summed E-state index contributed by atoms with van der Waals surface area (Å²) >= 11 is 1.63. The van der Waals surface area contributed by atoms with Gasteiger partial charge >= 0.3 is 0 Å². The van der Waals surface area contributed by atoms with Crippen LogP contribution in [0.1, 0.15) is 22.0 Å². The van der Waals surface area contributed by atoms with Crippen LogP contribution in [0.4, 0.5) is 5.88 Å². The molecule has 0 saturated heterocycles. The molecular formula is C18H15N3OS. The molecule has 0 unspecified atom stereocenters. The molecule has 114 valence electrons. The lowest BCUT2D eigenvalue weighted by Gasteiger charge is -2.02. The summed E-state index contributed by atoms with van der Waals surface area (Å²) in [6, 6.07) is 16.2. The minimum atomic E-state index is 0.281. The molecule has 0 amide bonds. The fraction of sp³-hybridized carbons (Fsp3) is 0.111. The molecule has 4 nitrogen and oxygen atoms in total. The van der Waals surface area contributed by atoms with Gasteiger partial charge in [-0.05, 0) is 29.5 Å². The van der Waals surface area contributed by atoms with Crippen LogP contribution < -0.4 is 5.32 Å². The first-order valence-corrected chi connectivity index (χ1v) is 8.13. The van der Waals surface area contributed by atoms with Crippen molar-refractivity contribution in [2.75, 3.05) is 11.9 Å². The van der Waals surface area contributed by atoms with E-state index < -0.39 is 0 Å². The van der Waals surface area contributed by atoms with E-state index >= 15 is 0 Å². The third kappa shape index (κ3) is 4.09. The number of nitriles is 1. The van der Waals surface area contributed by atoms with Gasteiger partial charge in [0.15, 0.2) is 0 Å². The molecule has 1 N–H and O–H groups in total. The topological polar surface area (TPSA) is 61.9 Å². The molecule has 0 aliphatic rings. The van der Waals surface area contributed by atoms with Gasteiger partial charge in [0.25, 0.3) is 0 Å². The van der Waals surface area contributed by atoms with E-state index in [-0.39, 0.29) is 5.69 Å². The van der Waals surface area contributed by atoms with Crippen molar-refractivity contribution in [3.63, 3.8) is 0 Å². The Morgan fingerprint density at radius 3 is 2.78 bits per heavy atom. The van der Waals surface area contributed by atoms with Gasteiger partial charge in [-0.25, -0.2) is 0 Å². The van der Waals surface area contributed by atoms with Crippen molar-refractivity contribution in [1.29, 1.82) is 5.26 Å². The van der Waals surface area contributed by atoms with Crippen molar-refractivity contribution >= 4 is 29.4 Å². The van der Waals surface area contributed by atoms with Gasteiger partial charge in [-0.3, -0.25) is 0 Å². The summed E-state index contributed by atoms with van der Waals surface area (Å²) in [6.45, 7) is 0.683. The van der Waals surface area contributed by atoms with E-state index in [4.69, 9.17) is 9.68 Å². The highest BCUT2D eigenvalue weighted by Gasteiger charge is 2.10. The number of aromatic nitrogens is 1. The van der Waals surface area contributed by atoms with E-state index in [0.717, 1.165) is 11.3 Å². The third-order valence-electron chi connectivity index (χ3n) is 3.23. The maximum atomic E-state index is 9.17. The second-order valence-corrected chi connectivity index (χ2v) is 5.83. The number of hydrogen-bond donors (Lipinski definition) is 1. The molecule has 0 fully saturated rings. The molecule has 0 aliphatic carbocycles. The molecule has 2 heterocycles. The quantitative estimate of drug-likeness (QED) is 0.729. The predicted octanol–water partition coefficient (Wildman–Crippen LogP) is 4.43. The van der Waals surface area contributed by atoms with E-state index in [2.05, 4.69) is 28.5 Å². The fourth-order valence-corrected chi connectivity index (χ4v) is 2.73. The second-order valence-electron chi connectivity index (χ2n) is 4.85. The Labute approximate surface area is 138 Å². The van der Waals surface area contributed by atoms with Gasteiger partial charge in [-0.2, -0.15) is 10.2 Å². The van der Waals surface area contributed by atoms with Crippen LogP contribution in [0.5, 0.6) is 0 Å². The van der Waals surface area contributed by atoms with E-state index in [9.17, 15) is 0 Å². The summed E-state index contributed by atoms with van der Waals surface area (Å²) in [5.41, 5.74) is 1.51. The van der Waals surface area contributed by atoms with Crippen molar-refractivity contribution in [3.8, 4) is 6.07 Å². The summed E-state index contributed by atoms with van der Waals surface area (Å²) in [6.07, 6.45) is 4.55. The van der Waals surface area contributed by atoms with Crippen molar-refractivity contribution in [2.24, 2.45) is 0 Å². The third-order valence-corrected chi connectivity index (χ3v) is 4.06. The molecule has 3 aromatic rings. The lowest BCUT2D eigenvalue weighted by atomic mass is 10.1. The second kappa shape index (κ2) is 7.43. The summed E-state index contributed by atoms with van der Waals surface area (Å²) < 4.78 is 5.62. The average Bonchev–Trinajstić information content (AvgIpc) is 3.23. The number of anilines is 1. The van der Waals surface area contributed by atoms with E-state index in [1.54, 1.807) is 17.4 Å². The zero-order valence-corrected chi connectivity index (χ0v) is 13.2. The summed E-state index contributed by atoms with van der Waals surface area (Å²) in [5.74, 6) is 0.853. The van der Waals surface area contributed by atoms with Crippen LogP contribution in [0.25, 0.3) is 12.2 Å². The zero-order valence-electron chi connectivity index (χ0n) is 12.4. The van der Waals surface area contributed by atoms with Crippen molar-refractivity contribution in [2.45, 2.75) is 6.42 Å². The van der Waals surface area contributed by atoms with Crippen molar-refractivity contribution in [1.82, 2.24) is 4.98 Å². The largest absolute Gasteiger partial charge is 0.420 e. The Balaban J connectivity index is 1.64. The zero-order chi connectivity index (χ0) is 15.9. The molecule has 3 rings (SSSR count). The number of rotatable bonds is 6. The van der Waals surface area contributed by atoms with Gasteiger partial charge in [0, 0.05) is 17.5 Å². The first-order valence-electron chi connectivity index (χ1n) is 7.25. The Kier molecular flexibility index (Phi) is 4.87. The summed E-state index contributed by atoms with van der Waals surface area (Å²) in [4.78, 5) is 5.29. The minimum absolute atomic E-state index is 0.281. The van der Waals surface area contributed by atoms with Crippen LogP contribution >= 0.6 is 11.3 Å². The molecule has 0 saturated carbocycles. The lowest BCUT2D eigenvalue weighted by molar-refractivity contribution is 0.558. The Bertz CT molecular complexity index is 814. The SMILES string of the molecule is N#Cc1nc(C=Cc2cccs2)oc1NCCc1ccccc1. The minimum Gasteiger partial charge on any atom is -0.420 e. The van der Waals surface area contributed by atoms with E-state index in [1.165, 1.54) is 5.56 Å². The molecule has 0 radical (unpaired) electrons. The molecule has 0 bridgehead atoms. The van der Waals surface area contributed by atoms with Gasteiger partial charge in [0.1, 0.15) is 6.07 Å². The predicted molar refractivity (Wildman–Crippen MR) is 93.1 cm³/mol. The Morgan fingerprint density at radius 2 is 2.04 bits per heavy atom. The van der Waals surface area contributed by atoms with Crippen molar-refractivity contribution < 1.29 is 4.42 Å². The first kappa shape index (κ1) is 15.1. The van der Waals surface area contributed by atoms with Gasteiger partial charge in [-0.1, -0.05) is 36.4 Å². The van der Waals surface area contributed by atoms with Gasteiger partial charge in [0.2, 0.25) is 17.5 Å². The van der Waals surface area contributed by atoms with Crippen LogP contribution in [-0.4, -0.2) is 11.5 Å². The molecule has 1 aromatic carbocycles. The summed E-state index contributed by atoms with van der Waals surface area (Å²) in [7, 11) is 0. The smallest absolute Gasteiger partial charge is 0.232 e. The highest BCUT2D eigenvalue weighted by atomic mass is 32.1. The molecular weight excluding hydrogens is 306 g/mol. The van der Waals surface area contributed by atoms with Crippen LogP contribution in [0, 0.1) is 11.3 Å². The van der Waals surface area contributed by atoms with E-state index in [1.807, 2.05) is 41.8 Å². The number of thiophene rings is 1. The van der Waals surface area contributed by atoms with Gasteiger partial charge in [-0.15, -0.1) is 11.3 Å². The number of benzene rings is 1.